The molecule has 1 N–H and O–H groups in total. The van der Waals surface area contributed by atoms with Crippen LogP contribution in [0.15, 0.2) is 60.2 Å². The molecule has 4 aromatic rings. The first-order valence-electron chi connectivity index (χ1n) is 8.04. The lowest BCUT2D eigenvalue weighted by Gasteiger charge is -2.07. The van der Waals surface area contributed by atoms with Crippen LogP contribution in [-0.2, 0) is 11.3 Å². The van der Waals surface area contributed by atoms with Crippen molar-refractivity contribution in [2.45, 2.75) is 6.54 Å². The molecule has 0 aliphatic carbocycles. The van der Waals surface area contributed by atoms with Gasteiger partial charge in [-0.3, -0.25) is 0 Å². The molecule has 7 heteroatoms. The van der Waals surface area contributed by atoms with E-state index in [1.807, 2.05) is 24.3 Å². The first-order valence-corrected chi connectivity index (χ1v) is 8.92. The van der Waals surface area contributed by atoms with Crippen LogP contribution in [0, 0.1) is 0 Å². The summed E-state index contributed by atoms with van der Waals surface area (Å²) in [5.41, 5.74) is 3.11. The number of thiophene rings is 1. The summed E-state index contributed by atoms with van der Waals surface area (Å²) in [5.74, 6) is 0.524. The number of esters is 1. The van der Waals surface area contributed by atoms with Gasteiger partial charge in [0.05, 0.1) is 25.4 Å². The monoisotopic (exact) mass is 364 g/mol. The second kappa shape index (κ2) is 6.97. The van der Waals surface area contributed by atoms with Crippen LogP contribution in [-0.4, -0.2) is 27.7 Å². The molecule has 0 spiro atoms. The molecule has 0 aliphatic rings. The normalized spacial score (nSPS) is 10.8. The van der Waals surface area contributed by atoms with Crippen LogP contribution in [0.25, 0.3) is 16.8 Å². The zero-order valence-electron chi connectivity index (χ0n) is 14.0. The first kappa shape index (κ1) is 16.3. The summed E-state index contributed by atoms with van der Waals surface area (Å²) < 4.78 is 6.52. The van der Waals surface area contributed by atoms with Gasteiger partial charge in [0.1, 0.15) is 5.82 Å². The van der Waals surface area contributed by atoms with Crippen molar-refractivity contribution in [1.82, 2.24) is 14.6 Å². The molecule has 0 atom stereocenters. The summed E-state index contributed by atoms with van der Waals surface area (Å²) in [4.78, 5) is 17.3. The van der Waals surface area contributed by atoms with Crippen molar-refractivity contribution < 1.29 is 9.53 Å². The zero-order chi connectivity index (χ0) is 17.9. The summed E-state index contributed by atoms with van der Waals surface area (Å²) in [6.07, 6.45) is 3.55. The Morgan fingerprint density at radius 3 is 2.81 bits per heavy atom. The Morgan fingerprint density at radius 1 is 1.23 bits per heavy atom. The number of nitrogens with one attached hydrogen (secondary N) is 1. The fraction of sp³-hybridized carbons (Fsp3) is 0.105. The summed E-state index contributed by atoms with van der Waals surface area (Å²) in [7, 11) is 1.37. The number of anilines is 1. The molecular formula is C19H16N4O2S. The van der Waals surface area contributed by atoms with E-state index in [9.17, 15) is 4.79 Å². The van der Waals surface area contributed by atoms with Crippen molar-refractivity contribution in [3.05, 3.63) is 70.7 Å². The highest BCUT2D eigenvalue weighted by Crippen LogP contribution is 2.25. The van der Waals surface area contributed by atoms with E-state index in [1.165, 1.54) is 12.0 Å². The fourth-order valence-electron chi connectivity index (χ4n) is 2.72. The minimum atomic E-state index is -0.352. The van der Waals surface area contributed by atoms with Gasteiger partial charge in [-0.1, -0.05) is 18.2 Å². The maximum absolute atomic E-state index is 11.6. The molecule has 0 radical (unpaired) electrons. The van der Waals surface area contributed by atoms with Crippen LogP contribution in [0.3, 0.4) is 0 Å². The molecule has 0 bridgehead atoms. The van der Waals surface area contributed by atoms with Crippen molar-refractivity contribution in [2.75, 3.05) is 12.4 Å². The largest absolute Gasteiger partial charge is 0.465 e. The molecule has 1 aromatic carbocycles. The van der Waals surface area contributed by atoms with Gasteiger partial charge in [0.25, 0.3) is 0 Å². The topological polar surface area (TPSA) is 68.5 Å². The van der Waals surface area contributed by atoms with E-state index in [2.05, 4.69) is 26.8 Å². The third-order valence-electron chi connectivity index (χ3n) is 4.04. The molecule has 6 nitrogen and oxygen atoms in total. The SMILES string of the molecule is COC(=O)c1ccc(-c2cnn3c(NCc4cccs4)ccnc23)cc1. The highest BCUT2D eigenvalue weighted by atomic mass is 32.1. The lowest BCUT2D eigenvalue weighted by molar-refractivity contribution is 0.0601. The lowest BCUT2D eigenvalue weighted by atomic mass is 10.1. The van der Waals surface area contributed by atoms with Crippen molar-refractivity contribution in [2.24, 2.45) is 0 Å². The highest BCUT2D eigenvalue weighted by molar-refractivity contribution is 7.09. The predicted octanol–water partition coefficient (Wildman–Crippen LogP) is 3.86. The van der Waals surface area contributed by atoms with Gasteiger partial charge in [0.2, 0.25) is 0 Å². The van der Waals surface area contributed by atoms with E-state index in [0.29, 0.717) is 5.56 Å². The molecule has 4 rings (SSSR count). The number of nitrogens with zero attached hydrogens (tertiary/aromatic N) is 3. The van der Waals surface area contributed by atoms with Crippen molar-refractivity contribution >= 4 is 28.8 Å². The Labute approximate surface area is 154 Å². The quantitative estimate of drug-likeness (QED) is 0.545. The summed E-state index contributed by atoms with van der Waals surface area (Å²) in [5, 5.41) is 9.93. The van der Waals surface area contributed by atoms with Gasteiger partial charge in [-0.25, -0.2) is 9.78 Å². The third kappa shape index (κ3) is 3.04. The number of carbonyl (C=O) groups is 1. The molecule has 0 unspecified atom stereocenters. The van der Waals surface area contributed by atoms with Crippen LogP contribution >= 0.6 is 11.3 Å². The van der Waals surface area contributed by atoms with E-state index >= 15 is 0 Å². The third-order valence-corrected chi connectivity index (χ3v) is 4.92. The average Bonchev–Trinajstić information content (AvgIpc) is 3.35. The minimum absolute atomic E-state index is 0.352. The van der Waals surface area contributed by atoms with Crippen molar-refractivity contribution in [1.29, 1.82) is 0 Å². The number of ether oxygens (including phenoxy) is 1. The van der Waals surface area contributed by atoms with Gasteiger partial charge in [0.15, 0.2) is 5.65 Å². The highest BCUT2D eigenvalue weighted by Gasteiger charge is 2.12. The molecule has 0 saturated carbocycles. The molecule has 0 fully saturated rings. The van der Waals surface area contributed by atoms with Crippen LogP contribution in [0.2, 0.25) is 0 Å². The van der Waals surface area contributed by atoms with E-state index in [1.54, 1.807) is 40.4 Å². The maximum Gasteiger partial charge on any atom is 0.337 e. The lowest BCUT2D eigenvalue weighted by Crippen LogP contribution is -2.04. The molecular weight excluding hydrogens is 348 g/mol. The van der Waals surface area contributed by atoms with Gasteiger partial charge < -0.3 is 10.1 Å². The number of rotatable bonds is 5. The summed E-state index contributed by atoms with van der Waals surface area (Å²) >= 11 is 1.71. The molecule has 0 saturated heterocycles. The summed E-state index contributed by atoms with van der Waals surface area (Å²) in [6.45, 7) is 0.736. The second-order valence-corrected chi connectivity index (χ2v) is 6.66. The van der Waals surface area contributed by atoms with Crippen LogP contribution < -0.4 is 5.32 Å². The Hall–Kier alpha value is -3.19. The number of methoxy groups -OCH3 is 1. The second-order valence-electron chi connectivity index (χ2n) is 5.63. The predicted molar refractivity (Wildman–Crippen MR) is 101 cm³/mol. The summed E-state index contributed by atoms with van der Waals surface area (Å²) in [6, 6.07) is 13.2. The Morgan fingerprint density at radius 2 is 2.08 bits per heavy atom. The standard InChI is InChI=1S/C19H16N4O2S/c1-25-19(24)14-6-4-13(5-7-14)16-12-22-23-17(8-9-20-18(16)23)21-11-15-3-2-10-26-15/h2-10,12,21H,11H2,1H3. The smallest absolute Gasteiger partial charge is 0.337 e. The molecule has 3 aromatic heterocycles. The minimum Gasteiger partial charge on any atom is -0.465 e. The number of hydrogen-bond acceptors (Lipinski definition) is 6. The number of hydrogen-bond donors (Lipinski definition) is 1. The number of benzene rings is 1. The number of fused-ring (bicyclic) bond motifs is 1. The fourth-order valence-corrected chi connectivity index (χ4v) is 3.37. The Bertz CT molecular complexity index is 1040. The Balaban J connectivity index is 1.64. The molecule has 0 aliphatic heterocycles. The van der Waals surface area contributed by atoms with Gasteiger partial charge in [-0.2, -0.15) is 9.61 Å². The van der Waals surface area contributed by atoms with Gasteiger partial charge in [0, 0.05) is 16.6 Å². The van der Waals surface area contributed by atoms with Crippen LogP contribution in [0.5, 0.6) is 0 Å². The van der Waals surface area contributed by atoms with E-state index in [0.717, 1.165) is 29.1 Å². The van der Waals surface area contributed by atoms with Crippen LogP contribution in [0.4, 0.5) is 5.82 Å². The molecule has 3 heterocycles. The van der Waals surface area contributed by atoms with Crippen molar-refractivity contribution in [3.8, 4) is 11.1 Å². The van der Waals surface area contributed by atoms with E-state index in [-0.39, 0.29) is 5.97 Å². The zero-order valence-corrected chi connectivity index (χ0v) is 14.9. The first-order chi connectivity index (χ1) is 12.8. The maximum atomic E-state index is 11.6. The number of aromatic nitrogens is 3. The van der Waals surface area contributed by atoms with Gasteiger partial charge >= 0.3 is 5.97 Å². The van der Waals surface area contributed by atoms with E-state index in [4.69, 9.17) is 4.74 Å². The molecule has 0 amide bonds. The van der Waals surface area contributed by atoms with Crippen molar-refractivity contribution in [3.63, 3.8) is 0 Å². The molecule has 130 valence electrons. The van der Waals surface area contributed by atoms with E-state index < -0.39 is 0 Å². The Kier molecular flexibility index (Phi) is 4.37. The van der Waals surface area contributed by atoms with Crippen LogP contribution in [0.1, 0.15) is 15.2 Å². The number of carbonyl (C=O) groups excluding carboxylic acids is 1. The average molecular weight is 364 g/mol. The van der Waals surface area contributed by atoms with Gasteiger partial charge in [-0.05, 0) is 35.2 Å². The van der Waals surface area contributed by atoms with Gasteiger partial charge in [-0.15, -0.1) is 11.3 Å². The molecule has 26 heavy (non-hydrogen) atoms.